The third-order valence-corrected chi connectivity index (χ3v) is 17.2. The van der Waals surface area contributed by atoms with Gasteiger partial charge >= 0.3 is 11.9 Å². The maximum atomic E-state index is 12.9. The van der Waals surface area contributed by atoms with Gasteiger partial charge in [-0.25, -0.2) is 0 Å². The summed E-state index contributed by atoms with van der Waals surface area (Å²) < 4.78 is 22.9. The number of carbonyl (C=O) groups is 3. The summed E-state index contributed by atoms with van der Waals surface area (Å²) in [6.07, 6.45) is 81.4. The van der Waals surface area contributed by atoms with Crippen molar-refractivity contribution in [3.63, 3.8) is 0 Å². The molecule has 0 amide bonds. The molecule has 0 saturated carbocycles. The van der Waals surface area contributed by atoms with E-state index in [0.29, 0.717) is 17.4 Å². The second-order valence-electron chi connectivity index (χ2n) is 27.0. The number of hydrogen-bond acceptors (Lipinski definition) is 8. The number of carboxylic acids is 1. The average Bonchev–Trinajstić information content (AvgIpc) is 3.48. The fraction of sp³-hybridized carbons (Fsp3) is 0.908. The Balaban J connectivity index is 4.00. The number of rotatable bonds is 71. The number of carbonyl (C=O) groups excluding carboxylic acids is 3. The number of quaternary nitrogens is 1. The Morgan fingerprint density at radius 2 is 0.635 bits per heavy atom. The first-order valence-electron chi connectivity index (χ1n) is 37.5. The SMILES string of the molecule is CCCCCCC/C=C\C/C=C\CCCCCCCCCCCCCCCCCC(=O)OC(COC(=O)CCCCCCCCCCCCCCCCCCCCCCCCCCCCCCCCCCC)COC(OCC[N+](C)(C)C)C(=O)[O-]. The van der Waals surface area contributed by atoms with Gasteiger partial charge in [0, 0.05) is 12.8 Å². The molecule has 9 heteroatoms. The van der Waals surface area contributed by atoms with Crippen molar-refractivity contribution in [1.82, 2.24) is 0 Å². The van der Waals surface area contributed by atoms with Gasteiger partial charge in [-0.05, 0) is 44.9 Å². The molecule has 0 heterocycles. The predicted molar refractivity (Wildman–Crippen MR) is 362 cm³/mol. The van der Waals surface area contributed by atoms with E-state index in [0.717, 1.165) is 44.9 Å². The first kappa shape index (κ1) is 82.8. The molecular weight excluding hydrogens is 1050 g/mol. The van der Waals surface area contributed by atoms with Gasteiger partial charge in [-0.15, -0.1) is 0 Å². The Hall–Kier alpha value is -2.23. The van der Waals surface area contributed by atoms with Gasteiger partial charge in [0.15, 0.2) is 12.4 Å². The van der Waals surface area contributed by atoms with E-state index in [9.17, 15) is 19.5 Å². The fourth-order valence-electron chi connectivity index (χ4n) is 11.5. The number of aliphatic carboxylic acids is 1. The molecule has 0 rings (SSSR count). The maximum Gasteiger partial charge on any atom is 0.306 e. The molecule has 2 unspecified atom stereocenters. The van der Waals surface area contributed by atoms with Crippen LogP contribution in [0.3, 0.4) is 0 Å². The zero-order valence-electron chi connectivity index (χ0n) is 57.5. The number of likely N-dealkylation sites (N-methyl/N-ethyl adjacent to an activating group) is 1. The van der Waals surface area contributed by atoms with Gasteiger partial charge in [0.05, 0.1) is 40.3 Å². The van der Waals surface area contributed by atoms with Gasteiger partial charge in [-0.1, -0.05) is 353 Å². The van der Waals surface area contributed by atoms with Gasteiger partial charge in [0.25, 0.3) is 0 Å². The molecule has 0 bridgehead atoms. The van der Waals surface area contributed by atoms with E-state index in [4.69, 9.17) is 18.9 Å². The summed E-state index contributed by atoms with van der Waals surface area (Å²) >= 11 is 0. The molecule has 0 aromatic carbocycles. The van der Waals surface area contributed by atoms with Crippen molar-refractivity contribution >= 4 is 17.9 Å². The molecule has 0 spiro atoms. The summed E-state index contributed by atoms with van der Waals surface area (Å²) in [5, 5.41) is 11.8. The Bertz CT molecular complexity index is 1440. The summed E-state index contributed by atoms with van der Waals surface area (Å²) in [5.74, 6) is -2.25. The maximum absolute atomic E-state index is 12.9. The highest BCUT2D eigenvalue weighted by Gasteiger charge is 2.22. The molecule has 0 aliphatic rings. The lowest BCUT2D eigenvalue weighted by atomic mass is 10.0. The van der Waals surface area contributed by atoms with Crippen LogP contribution in [0, 0.1) is 0 Å². The van der Waals surface area contributed by atoms with E-state index in [-0.39, 0.29) is 32.2 Å². The molecule has 85 heavy (non-hydrogen) atoms. The third-order valence-electron chi connectivity index (χ3n) is 17.2. The van der Waals surface area contributed by atoms with E-state index in [2.05, 4.69) is 38.2 Å². The Labute approximate surface area is 528 Å². The van der Waals surface area contributed by atoms with Gasteiger partial charge in [0.1, 0.15) is 13.2 Å². The number of unbranched alkanes of at least 4 members (excludes halogenated alkanes) is 52. The van der Waals surface area contributed by atoms with Crippen molar-refractivity contribution in [2.24, 2.45) is 0 Å². The van der Waals surface area contributed by atoms with E-state index in [1.165, 1.54) is 315 Å². The summed E-state index contributed by atoms with van der Waals surface area (Å²) in [6.45, 7) is 4.82. The monoisotopic (exact) mass is 1200 g/mol. The molecule has 0 aliphatic carbocycles. The third kappa shape index (κ3) is 69.1. The zero-order valence-corrected chi connectivity index (χ0v) is 57.5. The van der Waals surface area contributed by atoms with Crippen LogP contribution in [0.5, 0.6) is 0 Å². The van der Waals surface area contributed by atoms with Crippen LogP contribution in [0.4, 0.5) is 0 Å². The lowest BCUT2D eigenvalue weighted by Crippen LogP contribution is -2.44. The smallest absolute Gasteiger partial charge is 0.306 e. The van der Waals surface area contributed by atoms with Crippen LogP contribution in [-0.2, 0) is 33.3 Å². The van der Waals surface area contributed by atoms with E-state index in [1.807, 2.05) is 21.1 Å². The van der Waals surface area contributed by atoms with Crippen LogP contribution in [0.25, 0.3) is 0 Å². The number of nitrogens with zero attached hydrogens (tertiary/aromatic N) is 1. The molecule has 0 aromatic rings. The highest BCUT2D eigenvalue weighted by Crippen LogP contribution is 2.19. The largest absolute Gasteiger partial charge is 0.545 e. The first-order valence-corrected chi connectivity index (χ1v) is 37.5. The molecule has 2 atom stereocenters. The van der Waals surface area contributed by atoms with E-state index >= 15 is 0 Å². The fourth-order valence-corrected chi connectivity index (χ4v) is 11.5. The van der Waals surface area contributed by atoms with Crippen molar-refractivity contribution in [2.45, 2.75) is 399 Å². The van der Waals surface area contributed by atoms with Crippen molar-refractivity contribution in [3.05, 3.63) is 24.3 Å². The Morgan fingerprint density at radius 3 is 0.929 bits per heavy atom. The minimum absolute atomic E-state index is 0.151. The topological polar surface area (TPSA) is 111 Å². The molecule has 0 aliphatic heterocycles. The van der Waals surface area contributed by atoms with Gasteiger partial charge < -0.3 is 33.3 Å². The molecule has 0 aromatic heterocycles. The number of carboxylic acid groups (broad SMARTS) is 1. The summed E-state index contributed by atoms with van der Waals surface area (Å²) in [6, 6.07) is 0. The molecular formula is C76H145NO8. The molecule has 0 saturated heterocycles. The number of allylic oxidation sites excluding steroid dienone is 4. The van der Waals surface area contributed by atoms with Crippen molar-refractivity contribution in [3.8, 4) is 0 Å². The molecule has 0 fully saturated rings. The van der Waals surface area contributed by atoms with Crippen molar-refractivity contribution in [2.75, 3.05) is 47.5 Å². The lowest BCUT2D eigenvalue weighted by molar-refractivity contribution is -0.870. The highest BCUT2D eigenvalue weighted by molar-refractivity contribution is 5.70. The second-order valence-corrected chi connectivity index (χ2v) is 27.0. The quantitative estimate of drug-likeness (QED) is 0.0195. The van der Waals surface area contributed by atoms with Gasteiger partial charge in [-0.3, -0.25) is 9.59 Å². The number of hydrogen-bond donors (Lipinski definition) is 0. The second kappa shape index (κ2) is 67.7. The summed E-state index contributed by atoms with van der Waals surface area (Å²) in [5.41, 5.74) is 0. The Morgan fingerprint density at radius 1 is 0.353 bits per heavy atom. The van der Waals surface area contributed by atoms with Crippen molar-refractivity contribution < 1.29 is 42.9 Å². The van der Waals surface area contributed by atoms with Crippen LogP contribution >= 0.6 is 0 Å². The summed E-state index contributed by atoms with van der Waals surface area (Å²) in [7, 11) is 5.95. The minimum Gasteiger partial charge on any atom is -0.545 e. The lowest BCUT2D eigenvalue weighted by Gasteiger charge is -2.26. The molecule has 502 valence electrons. The zero-order chi connectivity index (χ0) is 61.9. The van der Waals surface area contributed by atoms with Crippen molar-refractivity contribution in [1.29, 1.82) is 0 Å². The van der Waals surface area contributed by atoms with Crippen LogP contribution in [0.15, 0.2) is 24.3 Å². The highest BCUT2D eigenvalue weighted by atomic mass is 16.7. The van der Waals surface area contributed by atoms with Gasteiger partial charge in [0.2, 0.25) is 0 Å². The van der Waals surface area contributed by atoms with Gasteiger partial charge in [-0.2, -0.15) is 0 Å². The normalized spacial score (nSPS) is 12.7. The molecule has 0 N–H and O–H groups in total. The van der Waals surface area contributed by atoms with Crippen LogP contribution < -0.4 is 5.11 Å². The van der Waals surface area contributed by atoms with Crippen LogP contribution in [0.2, 0.25) is 0 Å². The van der Waals surface area contributed by atoms with E-state index in [1.54, 1.807) is 0 Å². The first-order chi connectivity index (χ1) is 41.6. The van der Waals surface area contributed by atoms with Crippen LogP contribution in [0.1, 0.15) is 386 Å². The molecule has 0 radical (unpaired) electrons. The average molecular weight is 1200 g/mol. The number of esters is 2. The summed E-state index contributed by atoms with van der Waals surface area (Å²) in [4.78, 5) is 37.5. The minimum atomic E-state index is -1.62. The Kier molecular flexibility index (Phi) is 65.9. The molecule has 9 nitrogen and oxygen atoms in total. The number of ether oxygens (including phenoxy) is 4. The van der Waals surface area contributed by atoms with Crippen LogP contribution in [-0.4, -0.2) is 82.3 Å². The standard InChI is InChI=1S/C76H145NO8/c1-6-8-10-12-14-16-18-20-22-24-26-28-30-32-34-35-36-37-38-39-41-42-44-46-48-50-52-54-56-58-60-62-64-66-73(78)83-70-72(71-84-76(75(80)81)82-69-68-77(3,4)5)85-74(79)67-65-63-61-59-57-55-53-51-49-47-45-43-40-33-31-29-27-25-23-21-19-17-15-13-11-9-7-2/h19,21,25,27,72,76H,6-18,20,22-24,26,28-71H2,1-5H3/b21-19-,27-25-. The van der Waals surface area contributed by atoms with E-state index < -0.39 is 24.3 Å². The predicted octanol–water partition coefficient (Wildman–Crippen LogP) is 22.0.